The van der Waals surface area contributed by atoms with Crippen LogP contribution in [0.3, 0.4) is 0 Å². The summed E-state index contributed by atoms with van der Waals surface area (Å²) in [5.74, 6) is 1.16. The Kier molecular flexibility index (Phi) is 4.65. The quantitative estimate of drug-likeness (QED) is 0.842. The van der Waals surface area contributed by atoms with Crippen molar-refractivity contribution < 1.29 is 13.9 Å². The molecule has 1 amide bonds. The summed E-state index contributed by atoms with van der Waals surface area (Å²) in [5, 5.41) is 13.8. The number of carbonyl (C=O) groups excluding carboxylic acids is 1. The maximum Gasteiger partial charge on any atom is 0.271 e. The van der Waals surface area contributed by atoms with Crippen LogP contribution in [0.5, 0.6) is 0 Å². The van der Waals surface area contributed by atoms with E-state index in [2.05, 4.69) is 20.8 Å². The van der Waals surface area contributed by atoms with Gasteiger partial charge < -0.3 is 19.8 Å². The zero-order valence-electron chi connectivity index (χ0n) is 12.1. The lowest BCUT2D eigenvalue weighted by atomic mass is 10.2. The highest BCUT2D eigenvalue weighted by atomic mass is 16.5. The summed E-state index contributed by atoms with van der Waals surface area (Å²) in [6.07, 6.45) is 3.77. The molecule has 116 valence electrons. The van der Waals surface area contributed by atoms with Gasteiger partial charge in [0.1, 0.15) is 11.6 Å². The number of anilines is 1. The normalized spacial score (nSPS) is 17.4. The number of rotatable bonds is 6. The van der Waals surface area contributed by atoms with Gasteiger partial charge in [0.05, 0.1) is 18.9 Å². The first kappa shape index (κ1) is 14.5. The summed E-state index contributed by atoms with van der Waals surface area (Å²) in [7, 11) is 0. The Bertz CT molecular complexity index is 592. The number of hydrogen-bond acceptors (Lipinski definition) is 6. The molecule has 1 saturated heterocycles. The molecule has 1 fully saturated rings. The highest BCUT2D eigenvalue weighted by Gasteiger charge is 2.17. The van der Waals surface area contributed by atoms with Crippen LogP contribution in [0.15, 0.2) is 34.9 Å². The van der Waals surface area contributed by atoms with E-state index in [1.165, 1.54) is 0 Å². The zero-order chi connectivity index (χ0) is 15.2. The van der Waals surface area contributed by atoms with Gasteiger partial charge in [0, 0.05) is 13.2 Å². The fourth-order valence-electron chi connectivity index (χ4n) is 2.24. The van der Waals surface area contributed by atoms with Crippen molar-refractivity contribution in [1.29, 1.82) is 0 Å². The van der Waals surface area contributed by atoms with E-state index in [0.29, 0.717) is 24.6 Å². The molecule has 22 heavy (non-hydrogen) atoms. The van der Waals surface area contributed by atoms with E-state index in [9.17, 15) is 4.79 Å². The van der Waals surface area contributed by atoms with E-state index in [1.54, 1.807) is 18.4 Å². The maximum absolute atomic E-state index is 12.0. The van der Waals surface area contributed by atoms with Crippen LogP contribution in [-0.4, -0.2) is 35.4 Å². The Hall–Kier alpha value is -2.41. The van der Waals surface area contributed by atoms with Crippen molar-refractivity contribution in [2.75, 3.05) is 18.5 Å². The first-order chi connectivity index (χ1) is 10.8. The average molecular weight is 302 g/mol. The molecule has 0 radical (unpaired) electrons. The van der Waals surface area contributed by atoms with Crippen LogP contribution >= 0.6 is 0 Å². The van der Waals surface area contributed by atoms with Gasteiger partial charge in [-0.05, 0) is 37.1 Å². The van der Waals surface area contributed by atoms with Crippen LogP contribution in [0.1, 0.15) is 29.1 Å². The molecule has 0 aliphatic carbocycles. The monoisotopic (exact) mass is 302 g/mol. The zero-order valence-corrected chi connectivity index (χ0v) is 12.1. The molecule has 1 aliphatic rings. The minimum atomic E-state index is -0.236. The van der Waals surface area contributed by atoms with Gasteiger partial charge in [0.25, 0.3) is 5.91 Å². The Morgan fingerprint density at radius 1 is 1.32 bits per heavy atom. The van der Waals surface area contributed by atoms with Gasteiger partial charge in [0.15, 0.2) is 5.69 Å². The molecule has 2 aromatic heterocycles. The Labute approximate surface area is 128 Å². The number of aromatic nitrogens is 2. The molecule has 1 atom stereocenters. The number of amides is 1. The molecule has 3 heterocycles. The smallest absolute Gasteiger partial charge is 0.271 e. The molecule has 3 rings (SSSR count). The maximum atomic E-state index is 12.0. The Morgan fingerprint density at radius 3 is 2.95 bits per heavy atom. The number of carbonyl (C=O) groups is 1. The summed E-state index contributed by atoms with van der Waals surface area (Å²) in [6, 6.07) is 7.05. The molecular formula is C15H18N4O3. The molecule has 1 unspecified atom stereocenters. The van der Waals surface area contributed by atoms with Gasteiger partial charge in [-0.3, -0.25) is 4.79 Å². The lowest BCUT2D eigenvalue weighted by Crippen LogP contribution is -2.32. The number of nitrogens with one attached hydrogen (secondary N) is 2. The second kappa shape index (κ2) is 7.04. The van der Waals surface area contributed by atoms with Crippen LogP contribution in [0.4, 0.5) is 5.82 Å². The van der Waals surface area contributed by atoms with E-state index in [1.807, 2.05) is 12.1 Å². The van der Waals surface area contributed by atoms with Crippen molar-refractivity contribution in [1.82, 2.24) is 15.5 Å². The molecule has 1 aliphatic heterocycles. The molecule has 2 aromatic rings. The van der Waals surface area contributed by atoms with Crippen molar-refractivity contribution in [3.05, 3.63) is 42.0 Å². The van der Waals surface area contributed by atoms with Crippen molar-refractivity contribution in [3.63, 3.8) is 0 Å². The van der Waals surface area contributed by atoms with Crippen LogP contribution in [-0.2, 0) is 11.3 Å². The Balaban J connectivity index is 1.48. The highest BCUT2D eigenvalue weighted by Crippen LogP contribution is 2.11. The third kappa shape index (κ3) is 3.82. The van der Waals surface area contributed by atoms with E-state index >= 15 is 0 Å². The largest absolute Gasteiger partial charge is 0.467 e. The predicted molar refractivity (Wildman–Crippen MR) is 79.4 cm³/mol. The van der Waals surface area contributed by atoms with E-state index in [0.717, 1.165) is 25.2 Å². The lowest BCUT2D eigenvalue weighted by Gasteiger charge is -2.10. The molecule has 2 N–H and O–H groups in total. The highest BCUT2D eigenvalue weighted by molar-refractivity contribution is 5.92. The van der Waals surface area contributed by atoms with Gasteiger partial charge in [0.2, 0.25) is 0 Å². The fraction of sp³-hybridized carbons (Fsp3) is 0.400. The van der Waals surface area contributed by atoms with Crippen LogP contribution in [0.2, 0.25) is 0 Å². The minimum absolute atomic E-state index is 0.117. The molecule has 0 spiro atoms. The van der Waals surface area contributed by atoms with E-state index in [-0.39, 0.29) is 12.0 Å². The standard InChI is InChI=1S/C15H18N4O3/c20-15(17-10-12-4-2-8-22-12)13-5-6-14(19-18-13)16-9-11-3-1-7-21-11/h1,3,5-7,12H,2,4,8-10H2,(H,16,19)(H,17,20). The van der Waals surface area contributed by atoms with Gasteiger partial charge in [-0.25, -0.2) is 0 Å². The summed E-state index contributed by atoms with van der Waals surface area (Å²) in [4.78, 5) is 12.0. The molecule has 0 bridgehead atoms. The van der Waals surface area contributed by atoms with Crippen molar-refractivity contribution in [2.24, 2.45) is 0 Å². The van der Waals surface area contributed by atoms with Crippen LogP contribution in [0.25, 0.3) is 0 Å². The van der Waals surface area contributed by atoms with Gasteiger partial charge in [-0.2, -0.15) is 0 Å². The summed E-state index contributed by atoms with van der Waals surface area (Å²) in [5.41, 5.74) is 0.293. The third-order valence-electron chi connectivity index (χ3n) is 3.44. The molecule has 0 saturated carbocycles. The van der Waals surface area contributed by atoms with Crippen LogP contribution in [0, 0.1) is 0 Å². The van der Waals surface area contributed by atoms with Crippen LogP contribution < -0.4 is 10.6 Å². The Morgan fingerprint density at radius 2 is 2.27 bits per heavy atom. The second-order valence-electron chi connectivity index (χ2n) is 5.08. The second-order valence-corrected chi connectivity index (χ2v) is 5.08. The fourth-order valence-corrected chi connectivity index (χ4v) is 2.24. The van der Waals surface area contributed by atoms with Crippen molar-refractivity contribution >= 4 is 11.7 Å². The van der Waals surface area contributed by atoms with Gasteiger partial charge >= 0.3 is 0 Å². The first-order valence-corrected chi connectivity index (χ1v) is 7.31. The average Bonchev–Trinajstić information content (AvgIpc) is 3.24. The SMILES string of the molecule is O=C(NCC1CCCO1)c1ccc(NCc2ccco2)nn1. The van der Waals surface area contributed by atoms with E-state index < -0.39 is 0 Å². The summed E-state index contributed by atoms with van der Waals surface area (Å²) in [6.45, 7) is 1.81. The van der Waals surface area contributed by atoms with E-state index in [4.69, 9.17) is 9.15 Å². The summed E-state index contributed by atoms with van der Waals surface area (Å²) >= 11 is 0. The molecular weight excluding hydrogens is 284 g/mol. The molecule has 7 nitrogen and oxygen atoms in total. The topological polar surface area (TPSA) is 89.3 Å². The lowest BCUT2D eigenvalue weighted by molar-refractivity contribution is 0.0853. The number of nitrogens with zero attached hydrogens (tertiary/aromatic N) is 2. The summed E-state index contributed by atoms with van der Waals surface area (Å²) < 4.78 is 10.7. The first-order valence-electron chi connectivity index (χ1n) is 7.31. The molecule has 0 aromatic carbocycles. The predicted octanol–water partition coefficient (Wildman–Crippen LogP) is 1.59. The number of hydrogen-bond donors (Lipinski definition) is 2. The molecule has 7 heteroatoms. The van der Waals surface area contributed by atoms with Gasteiger partial charge in [-0.15, -0.1) is 10.2 Å². The van der Waals surface area contributed by atoms with Crippen molar-refractivity contribution in [3.8, 4) is 0 Å². The minimum Gasteiger partial charge on any atom is -0.467 e. The van der Waals surface area contributed by atoms with Gasteiger partial charge in [-0.1, -0.05) is 0 Å². The number of ether oxygens (including phenoxy) is 1. The van der Waals surface area contributed by atoms with Crippen molar-refractivity contribution in [2.45, 2.75) is 25.5 Å². The third-order valence-corrected chi connectivity index (χ3v) is 3.44. The number of furan rings is 1.